The summed E-state index contributed by atoms with van der Waals surface area (Å²) in [6, 6.07) is 5.09. The van der Waals surface area contributed by atoms with E-state index in [0.717, 1.165) is 30.5 Å². The number of halogens is 3. The molecular formula is C19H24F3NO2. The first-order valence-corrected chi connectivity index (χ1v) is 8.32. The number of alkyl halides is 3. The quantitative estimate of drug-likeness (QED) is 0.714. The number of benzene rings is 1. The third-order valence-electron chi connectivity index (χ3n) is 4.22. The van der Waals surface area contributed by atoms with Gasteiger partial charge >= 0.3 is 12.3 Å². The number of hydrogen-bond donors (Lipinski definition) is 0. The Morgan fingerprint density at radius 2 is 1.64 bits per heavy atom. The molecule has 1 aliphatic rings. The third-order valence-corrected chi connectivity index (χ3v) is 4.22. The maximum atomic E-state index is 12.6. The zero-order valence-electron chi connectivity index (χ0n) is 14.8. The van der Waals surface area contributed by atoms with Gasteiger partial charge in [0.05, 0.1) is 5.56 Å². The smallest absolute Gasteiger partial charge is 0.416 e. The van der Waals surface area contributed by atoms with E-state index in [4.69, 9.17) is 4.74 Å². The fraction of sp³-hybridized carbons (Fsp3) is 0.526. The molecule has 1 saturated heterocycles. The van der Waals surface area contributed by atoms with Crippen LogP contribution in [0, 0.1) is 5.92 Å². The average molecular weight is 355 g/mol. The predicted octanol–water partition coefficient (Wildman–Crippen LogP) is 5.37. The number of amides is 1. The van der Waals surface area contributed by atoms with Crippen LogP contribution in [0.1, 0.15) is 44.7 Å². The van der Waals surface area contributed by atoms with Crippen LogP contribution < -0.4 is 0 Å². The molecule has 2 rings (SSSR count). The minimum absolute atomic E-state index is 0.149. The van der Waals surface area contributed by atoms with Gasteiger partial charge < -0.3 is 9.64 Å². The molecule has 0 spiro atoms. The minimum Gasteiger partial charge on any atom is -0.444 e. The number of likely N-dealkylation sites (tertiary alicyclic amines) is 1. The van der Waals surface area contributed by atoms with Crippen molar-refractivity contribution in [1.29, 1.82) is 0 Å². The van der Waals surface area contributed by atoms with Crippen LogP contribution >= 0.6 is 0 Å². The maximum Gasteiger partial charge on any atom is 0.416 e. The summed E-state index contributed by atoms with van der Waals surface area (Å²) < 4.78 is 43.3. The molecule has 138 valence electrons. The number of nitrogens with zero attached hydrogens (tertiary/aromatic N) is 1. The maximum absolute atomic E-state index is 12.6. The van der Waals surface area contributed by atoms with Gasteiger partial charge in [-0.15, -0.1) is 0 Å². The van der Waals surface area contributed by atoms with Crippen molar-refractivity contribution >= 4 is 11.7 Å². The fourth-order valence-corrected chi connectivity index (χ4v) is 2.85. The SMILES string of the molecule is C=C(c1ccc(C(F)(F)F)cc1)C1CCN(C(=O)OC(C)(C)C)CC1. The van der Waals surface area contributed by atoms with Gasteiger partial charge in [-0.2, -0.15) is 13.2 Å². The minimum atomic E-state index is -4.33. The predicted molar refractivity (Wildman–Crippen MR) is 91.0 cm³/mol. The highest BCUT2D eigenvalue weighted by Crippen LogP contribution is 2.34. The summed E-state index contributed by atoms with van der Waals surface area (Å²) in [6.07, 6.45) is -3.22. The van der Waals surface area contributed by atoms with E-state index in [2.05, 4.69) is 6.58 Å². The summed E-state index contributed by atoms with van der Waals surface area (Å²) in [7, 11) is 0. The zero-order chi connectivity index (χ0) is 18.8. The van der Waals surface area contributed by atoms with Crippen molar-refractivity contribution < 1.29 is 22.7 Å². The second kappa shape index (κ2) is 7.10. The second-order valence-corrected chi connectivity index (χ2v) is 7.34. The van der Waals surface area contributed by atoms with Gasteiger partial charge in [0.15, 0.2) is 0 Å². The van der Waals surface area contributed by atoms with Gasteiger partial charge in [0.25, 0.3) is 0 Å². The summed E-state index contributed by atoms with van der Waals surface area (Å²) in [5.74, 6) is 0.149. The van der Waals surface area contributed by atoms with Crippen LogP contribution in [-0.4, -0.2) is 29.7 Å². The Balaban J connectivity index is 1.94. The normalized spacial score (nSPS) is 16.6. The summed E-state index contributed by atoms with van der Waals surface area (Å²) in [4.78, 5) is 13.7. The molecule has 1 aromatic carbocycles. The highest BCUT2D eigenvalue weighted by Gasteiger charge is 2.31. The van der Waals surface area contributed by atoms with Gasteiger partial charge in [0.1, 0.15) is 5.60 Å². The lowest BCUT2D eigenvalue weighted by Gasteiger charge is -2.34. The number of carbonyl (C=O) groups excluding carboxylic acids is 1. The van der Waals surface area contributed by atoms with Crippen LogP contribution in [0.5, 0.6) is 0 Å². The van der Waals surface area contributed by atoms with Gasteiger partial charge in [-0.1, -0.05) is 18.7 Å². The molecule has 1 heterocycles. The number of hydrogen-bond acceptors (Lipinski definition) is 2. The fourth-order valence-electron chi connectivity index (χ4n) is 2.85. The van der Waals surface area contributed by atoms with Gasteiger partial charge in [-0.05, 0) is 62.8 Å². The molecular weight excluding hydrogens is 331 g/mol. The van der Waals surface area contributed by atoms with E-state index in [9.17, 15) is 18.0 Å². The Labute approximate surface area is 146 Å². The van der Waals surface area contributed by atoms with Gasteiger partial charge in [0, 0.05) is 13.1 Å². The van der Waals surface area contributed by atoms with Crippen LogP contribution in [0.4, 0.5) is 18.0 Å². The van der Waals surface area contributed by atoms with Crippen LogP contribution in [0.2, 0.25) is 0 Å². The van der Waals surface area contributed by atoms with Crippen LogP contribution in [-0.2, 0) is 10.9 Å². The highest BCUT2D eigenvalue weighted by molar-refractivity contribution is 5.69. The monoisotopic (exact) mass is 355 g/mol. The van der Waals surface area contributed by atoms with Gasteiger partial charge in [-0.3, -0.25) is 0 Å². The van der Waals surface area contributed by atoms with E-state index in [1.807, 2.05) is 20.8 Å². The molecule has 3 nitrogen and oxygen atoms in total. The van der Waals surface area contributed by atoms with E-state index in [1.54, 1.807) is 4.90 Å². The Morgan fingerprint density at radius 3 is 2.08 bits per heavy atom. The number of ether oxygens (including phenoxy) is 1. The summed E-state index contributed by atoms with van der Waals surface area (Å²) in [6.45, 7) is 10.6. The Kier molecular flexibility index (Phi) is 5.49. The molecule has 6 heteroatoms. The van der Waals surface area contributed by atoms with Crippen molar-refractivity contribution in [3.05, 3.63) is 42.0 Å². The second-order valence-electron chi connectivity index (χ2n) is 7.34. The first-order chi connectivity index (χ1) is 11.5. The molecule has 0 aromatic heterocycles. The summed E-state index contributed by atoms with van der Waals surface area (Å²) >= 11 is 0. The number of allylic oxidation sites excluding steroid dienone is 1. The molecule has 1 fully saturated rings. The first-order valence-electron chi connectivity index (χ1n) is 8.32. The van der Waals surface area contributed by atoms with Crippen molar-refractivity contribution in [1.82, 2.24) is 4.90 Å². The Hall–Kier alpha value is -1.98. The molecule has 0 bridgehead atoms. The molecule has 1 aromatic rings. The Morgan fingerprint density at radius 1 is 1.12 bits per heavy atom. The molecule has 25 heavy (non-hydrogen) atoms. The van der Waals surface area contributed by atoms with Crippen LogP contribution in [0.25, 0.3) is 5.57 Å². The average Bonchev–Trinajstić information content (AvgIpc) is 2.52. The Bertz CT molecular complexity index is 622. The van der Waals surface area contributed by atoms with E-state index in [-0.39, 0.29) is 12.0 Å². The first kappa shape index (κ1) is 19.3. The number of carbonyl (C=O) groups is 1. The van der Waals surface area contributed by atoms with Crippen LogP contribution in [0.15, 0.2) is 30.8 Å². The zero-order valence-corrected chi connectivity index (χ0v) is 14.8. The van der Waals surface area contributed by atoms with Crippen molar-refractivity contribution in [2.75, 3.05) is 13.1 Å². The van der Waals surface area contributed by atoms with E-state index in [0.29, 0.717) is 18.7 Å². The van der Waals surface area contributed by atoms with Crippen molar-refractivity contribution in [3.63, 3.8) is 0 Å². The van der Waals surface area contributed by atoms with Crippen molar-refractivity contribution in [2.45, 2.75) is 45.4 Å². The molecule has 0 atom stereocenters. The number of piperidine rings is 1. The van der Waals surface area contributed by atoms with Gasteiger partial charge in [0.2, 0.25) is 0 Å². The lowest BCUT2D eigenvalue weighted by Crippen LogP contribution is -2.41. The van der Waals surface area contributed by atoms with Gasteiger partial charge in [-0.25, -0.2) is 4.79 Å². The lowest BCUT2D eigenvalue weighted by atomic mass is 9.86. The molecule has 0 radical (unpaired) electrons. The largest absolute Gasteiger partial charge is 0.444 e. The van der Waals surface area contributed by atoms with E-state index in [1.165, 1.54) is 12.1 Å². The van der Waals surface area contributed by atoms with E-state index < -0.39 is 17.3 Å². The molecule has 0 saturated carbocycles. The van der Waals surface area contributed by atoms with Crippen LogP contribution in [0.3, 0.4) is 0 Å². The standard InChI is InChI=1S/C19H24F3NO2/c1-13(14-5-7-16(8-6-14)19(20,21)22)15-9-11-23(12-10-15)17(24)25-18(2,3)4/h5-8,15H,1,9-12H2,2-4H3. The summed E-state index contributed by atoms with van der Waals surface area (Å²) in [5.41, 5.74) is 0.336. The summed E-state index contributed by atoms with van der Waals surface area (Å²) in [5, 5.41) is 0. The molecule has 1 amide bonds. The highest BCUT2D eigenvalue weighted by atomic mass is 19.4. The molecule has 0 N–H and O–H groups in total. The van der Waals surface area contributed by atoms with E-state index >= 15 is 0 Å². The van der Waals surface area contributed by atoms with Crippen molar-refractivity contribution in [2.24, 2.45) is 5.92 Å². The topological polar surface area (TPSA) is 29.5 Å². The van der Waals surface area contributed by atoms with Crippen molar-refractivity contribution in [3.8, 4) is 0 Å². The molecule has 0 aliphatic carbocycles. The lowest BCUT2D eigenvalue weighted by molar-refractivity contribution is -0.137. The molecule has 1 aliphatic heterocycles. The molecule has 0 unspecified atom stereocenters. The number of rotatable bonds is 2. The third kappa shape index (κ3) is 5.25.